The number of allylic oxidation sites excluding steroid dienone is 1. The van der Waals surface area contributed by atoms with E-state index < -0.39 is 0 Å². The number of ether oxygens (including phenoxy) is 1. The minimum atomic E-state index is -0.291. The molecule has 0 fully saturated rings. The topological polar surface area (TPSA) is 39.4 Å². The summed E-state index contributed by atoms with van der Waals surface area (Å²) in [4.78, 5) is 11.6. The number of rotatable bonds is 6. The zero-order chi connectivity index (χ0) is 11.8. The number of hydrogen-bond acceptors (Lipinski definition) is 3. The molecule has 1 rings (SSSR count). The van der Waals surface area contributed by atoms with Crippen LogP contribution in [0.1, 0.15) is 25.5 Å². The summed E-state index contributed by atoms with van der Waals surface area (Å²) >= 11 is 0. The minimum absolute atomic E-state index is 0.291. The molecule has 0 aliphatic rings. The molecular weight excluding hydrogens is 204 g/mol. The molecular formula is C13H16O3. The molecule has 86 valence electrons. The van der Waals surface area contributed by atoms with Crippen molar-refractivity contribution in [1.82, 2.24) is 0 Å². The summed E-state index contributed by atoms with van der Waals surface area (Å²) in [5.74, 6) is 0.368. The van der Waals surface area contributed by atoms with Crippen LogP contribution in [0.4, 0.5) is 0 Å². The zero-order valence-corrected chi connectivity index (χ0v) is 9.44. The highest BCUT2D eigenvalue weighted by Gasteiger charge is 2.10. The lowest BCUT2D eigenvalue weighted by Crippen LogP contribution is -2.07. The number of esters is 1. The lowest BCUT2D eigenvalue weighted by molar-refractivity contribution is -0.138. The molecule has 1 aromatic rings. The second-order valence-corrected chi connectivity index (χ2v) is 3.23. The predicted octanol–water partition coefficient (Wildman–Crippen LogP) is 3.19. The summed E-state index contributed by atoms with van der Waals surface area (Å²) in [6.07, 6.45) is 6.41. The quantitative estimate of drug-likeness (QED) is 0.420. The number of carbonyl (C=O) groups excluding carboxylic acids is 1. The molecule has 0 unspecified atom stereocenters. The van der Waals surface area contributed by atoms with E-state index in [4.69, 9.17) is 9.15 Å². The van der Waals surface area contributed by atoms with Crippen molar-refractivity contribution in [3.63, 3.8) is 0 Å². The van der Waals surface area contributed by atoms with Crippen LogP contribution in [0, 0.1) is 0 Å². The Morgan fingerprint density at radius 2 is 2.44 bits per heavy atom. The highest BCUT2D eigenvalue weighted by molar-refractivity contribution is 5.93. The van der Waals surface area contributed by atoms with E-state index >= 15 is 0 Å². The van der Waals surface area contributed by atoms with Gasteiger partial charge in [0.05, 0.1) is 12.9 Å². The molecule has 3 nitrogen and oxygen atoms in total. The van der Waals surface area contributed by atoms with Crippen molar-refractivity contribution in [1.29, 1.82) is 0 Å². The van der Waals surface area contributed by atoms with Gasteiger partial charge in [-0.05, 0) is 38.0 Å². The molecule has 0 N–H and O–H groups in total. The maximum atomic E-state index is 11.6. The van der Waals surface area contributed by atoms with Gasteiger partial charge in [0.1, 0.15) is 5.76 Å². The molecule has 0 amide bonds. The average Bonchev–Trinajstić information content (AvgIpc) is 2.77. The standard InChI is InChI=1S/C13H16O3/c1-3-5-7-11(13(14)15-4-2)10-12-8-6-9-16-12/h3,6,8-10H,1,4-5,7H2,2H3/b11-10+. The first-order chi connectivity index (χ1) is 7.77. The van der Waals surface area contributed by atoms with Gasteiger partial charge in [-0.2, -0.15) is 0 Å². The molecule has 0 aliphatic carbocycles. The molecule has 0 radical (unpaired) electrons. The first kappa shape index (κ1) is 12.3. The molecule has 3 heteroatoms. The summed E-state index contributed by atoms with van der Waals surface area (Å²) in [5, 5.41) is 0. The van der Waals surface area contributed by atoms with Crippen LogP contribution >= 0.6 is 0 Å². The molecule has 1 aromatic heterocycles. The van der Waals surface area contributed by atoms with E-state index in [0.29, 0.717) is 24.4 Å². The van der Waals surface area contributed by atoms with Gasteiger partial charge >= 0.3 is 5.97 Å². The van der Waals surface area contributed by atoms with Crippen molar-refractivity contribution in [2.45, 2.75) is 19.8 Å². The summed E-state index contributed by atoms with van der Waals surface area (Å²) < 4.78 is 10.1. The largest absolute Gasteiger partial charge is 0.465 e. The SMILES string of the molecule is C=CCC/C(=C\c1ccco1)C(=O)OCC. The Morgan fingerprint density at radius 1 is 1.62 bits per heavy atom. The van der Waals surface area contributed by atoms with Gasteiger partial charge in [0.2, 0.25) is 0 Å². The maximum Gasteiger partial charge on any atom is 0.334 e. The Labute approximate surface area is 95.4 Å². The van der Waals surface area contributed by atoms with E-state index in [2.05, 4.69) is 6.58 Å². The van der Waals surface area contributed by atoms with Crippen molar-refractivity contribution >= 4 is 12.0 Å². The van der Waals surface area contributed by atoms with E-state index in [1.54, 1.807) is 37.5 Å². The van der Waals surface area contributed by atoms with Crippen molar-refractivity contribution < 1.29 is 13.9 Å². The summed E-state index contributed by atoms with van der Waals surface area (Å²) in [6.45, 7) is 5.80. The molecule has 1 heterocycles. The van der Waals surface area contributed by atoms with Crippen LogP contribution in [0.2, 0.25) is 0 Å². The summed E-state index contributed by atoms with van der Waals surface area (Å²) in [7, 11) is 0. The lowest BCUT2D eigenvalue weighted by atomic mass is 10.1. The Hall–Kier alpha value is -1.77. The zero-order valence-electron chi connectivity index (χ0n) is 9.44. The highest BCUT2D eigenvalue weighted by atomic mass is 16.5. The van der Waals surface area contributed by atoms with E-state index in [0.717, 1.165) is 6.42 Å². The van der Waals surface area contributed by atoms with E-state index in [1.165, 1.54) is 0 Å². The Bertz CT molecular complexity index is 361. The summed E-state index contributed by atoms with van der Waals surface area (Å²) in [6, 6.07) is 3.58. The van der Waals surface area contributed by atoms with Crippen molar-refractivity contribution in [3.05, 3.63) is 42.4 Å². The van der Waals surface area contributed by atoms with Gasteiger partial charge in [-0.25, -0.2) is 4.79 Å². The minimum Gasteiger partial charge on any atom is -0.465 e. The normalized spacial score (nSPS) is 11.2. The number of carbonyl (C=O) groups is 1. The van der Waals surface area contributed by atoms with Gasteiger partial charge in [-0.1, -0.05) is 6.08 Å². The van der Waals surface area contributed by atoms with Gasteiger partial charge in [0, 0.05) is 5.57 Å². The van der Waals surface area contributed by atoms with E-state index in [1.807, 2.05) is 0 Å². The van der Waals surface area contributed by atoms with Crippen LogP contribution in [0.5, 0.6) is 0 Å². The number of hydrogen-bond donors (Lipinski definition) is 0. The first-order valence-corrected chi connectivity index (χ1v) is 5.30. The fourth-order valence-corrected chi connectivity index (χ4v) is 1.26. The summed E-state index contributed by atoms with van der Waals surface area (Å²) in [5.41, 5.74) is 0.608. The predicted molar refractivity (Wildman–Crippen MR) is 62.7 cm³/mol. The molecule has 0 bridgehead atoms. The Morgan fingerprint density at radius 3 is 3.00 bits per heavy atom. The van der Waals surface area contributed by atoms with Gasteiger partial charge in [0.25, 0.3) is 0 Å². The third-order valence-electron chi connectivity index (χ3n) is 2.02. The molecule has 0 aliphatic heterocycles. The molecule has 0 saturated carbocycles. The van der Waals surface area contributed by atoms with Gasteiger partial charge in [-0.3, -0.25) is 0 Å². The van der Waals surface area contributed by atoms with Crippen LogP contribution < -0.4 is 0 Å². The first-order valence-electron chi connectivity index (χ1n) is 5.30. The van der Waals surface area contributed by atoms with Crippen molar-refractivity contribution in [2.24, 2.45) is 0 Å². The molecule has 0 atom stereocenters. The van der Waals surface area contributed by atoms with Crippen LogP contribution in [0.25, 0.3) is 6.08 Å². The second-order valence-electron chi connectivity index (χ2n) is 3.23. The fraction of sp³-hybridized carbons (Fsp3) is 0.308. The van der Waals surface area contributed by atoms with Crippen molar-refractivity contribution in [3.8, 4) is 0 Å². The smallest absolute Gasteiger partial charge is 0.334 e. The van der Waals surface area contributed by atoms with Gasteiger partial charge in [-0.15, -0.1) is 6.58 Å². The Kier molecular flexibility index (Phi) is 5.12. The van der Waals surface area contributed by atoms with Gasteiger partial charge in [0.15, 0.2) is 0 Å². The highest BCUT2D eigenvalue weighted by Crippen LogP contribution is 2.14. The molecule has 0 saturated heterocycles. The van der Waals surface area contributed by atoms with Crippen LogP contribution in [-0.2, 0) is 9.53 Å². The molecule has 16 heavy (non-hydrogen) atoms. The monoisotopic (exact) mass is 220 g/mol. The fourth-order valence-electron chi connectivity index (χ4n) is 1.26. The number of furan rings is 1. The maximum absolute atomic E-state index is 11.6. The van der Waals surface area contributed by atoms with Gasteiger partial charge < -0.3 is 9.15 Å². The average molecular weight is 220 g/mol. The van der Waals surface area contributed by atoms with Crippen LogP contribution in [-0.4, -0.2) is 12.6 Å². The Balaban J connectivity index is 2.77. The third kappa shape index (κ3) is 3.77. The third-order valence-corrected chi connectivity index (χ3v) is 2.02. The van der Waals surface area contributed by atoms with E-state index in [-0.39, 0.29) is 5.97 Å². The molecule has 0 aromatic carbocycles. The van der Waals surface area contributed by atoms with Crippen LogP contribution in [0.15, 0.2) is 41.0 Å². The van der Waals surface area contributed by atoms with Crippen molar-refractivity contribution in [2.75, 3.05) is 6.61 Å². The van der Waals surface area contributed by atoms with E-state index in [9.17, 15) is 4.79 Å². The van der Waals surface area contributed by atoms with Crippen LogP contribution in [0.3, 0.4) is 0 Å². The second kappa shape index (κ2) is 6.67. The lowest BCUT2D eigenvalue weighted by Gasteiger charge is -2.04. The molecule has 0 spiro atoms.